The first-order chi connectivity index (χ1) is 12.8. The molecule has 138 valence electrons. The van der Waals surface area contributed by atoms with Crippen LogP contribution in [-0.4, -0.2) is 19.9 Å². The molecule has 5 heteroatoms. The van der Waals surface area contributed by atoms with Crippen molar-refractivity contribution in [1.82, 2.24) is 0 Å². The van der Waals surface area contributed by atoms with Gasteiger partial charge in [-0.15, -0.1) is 0 Å². The van der Waals surface area contributed by atoms with Gasteiger partial charge in [-0.3, -0.25) is 4.79 Å². The lowest BCUT2D eigenvalue weighted by atomic mass is 9.91. The lowest BCUT2D eigenvalue weighted by Crippen LogP contribution is -2.22. The molecule has 27 heavy (non-hydrogen) atoms. The summed E-state index contributed by atoms with van der Waals surface area (Å²) in [6.45, 7) is 3.67. The van der Waals surface area contributed by atoms with Crippen LogP contribution in [0.2, 0.25) is 0 Å². The van der Waals surface area contributed by atoms with Crippen LogP contribution in [0.1, 0.15) is 39.6 Å². The summed E-state index contributed by atoms with van der Waals surface area (Å²) in [6, 6.07) is 11.2. The molecule has 0 saturated heterocycles. The summed E-state index contributed by atoms with van der Waals surface area (Å²) in [5.41, 5.74) is 4.17. The quantitative estimate of drug-likeness (QED) is 0.639. The molecule has 2 aromatic carbocycles. The minimum Gasteiger partial charge on any atom is -0.484 e. The molecule has 0 bridgehead atoms. The summed E-state index contributed by atoms with van der Waals surface area (Å²) in [5.74, 6) is 0.562. The van der Waals surface area contributed by atoms with Crippen LogP contribution in [0, 0.1) is 13.8 Å². The second-order valence-corrected chi connectivity index (χ2v) is 7.24. The minimum absolute atomic E-state index is 0.0444. The number of ether oxygens (including phenoxy) is 1. The Morgan fingerprint density at radius 1 is 1.00 bits per heavy atom. The highest BCUT2D eigenvalue weighted by Crippen LogP contribution is 2.42. The smallest absolute Gasteiger partial charge is 0.336 e. The SMILES string of the molecule is Cc1cc2oc(=O)cc(C)c2c2c1C(=O)CC(c1ccc(N(C)C)cc1)O2. The van der Waals surface area contributed by atoms with Crippen molar-refractivity contribution in [3.8, 4) is 5.75 Å². The number of benzene rings is 2. The summed E-state index contributed by atoms with van der Waals surface area (Å²) in [6.07, 6.45) is -0.0752. The predicted molar refractivity (Wildman–Crippen MR) is 105 cm³/mol. The average molecular weight is 363 g/mol. The summed E-state index contributed by atoms with van der Waals surface area (Å²) in [7, 11) is 3.97. The first kappa shape index (κ1) is 17.3. The number of rotatable bonds is 2. The molecular formula is C22H21NO4. The number of aryl methyl sites for hydroxylation is 2. The molecule has 1 atom stereocenters. The molecule has 0 spiro atoms. The van der Waals surface area contributed by atoms with Gasteiger partial charge in [0.2, 0.25) is 0 Å². The number of Topliss-reactive ketones (excluding diaryl/α,β-unsaturated/α-hetero) is 1. The van der Waals surface area contributed by atoms with E-state index in [4.69, 9.17) is 9.15 Å². The molecule has 4 rings (SSSR count). The van der Waals surface area contributed by atoms with Gasteiger partial charge in [-0.2, -0.15) is 0 Å². The maximum atomic E-state index is 12.9. The van der Waals surface area contributed by atoms with Gasteiger partial charge in [-0.25, -0.2) is 4.79 Å². The van der Waals surface area contributed by atoms with Crippen molar-refractivity contribution in [3.63, 3.8) is 0 Å². The summed E-state index contributed by atoms with van der Waals surface area (Å²) >= 11 is 0. The number of carbonyl (C=O) groups excluding carboxylic acids is 1. The van der Waals surface area contributed by atoms with Crippen LogP contribution in [0.15, 0.2) is 45.6 Å². The van der Waals surface area contributed by atoms with Crippen LogP contribution in [-0.2, 0) is 0 Å². The maximum Gasteiger partial charge on any atom is 0.336 e. The summed E-state index contributed by atoms with van der Waals surface area (Å²) in [5, 5.41) is 0.693. The Balaban J connectivity index is 1.85. The normalized spacial score (nSPS) is 16.1. The van der Waals surface area contributed by atoms with E-state index in [0.29, 0.717) is 22.3 Å². The molecule has 1 aromatic heterocycles. The average Bonchev–Trinajstić information content (AvgIpc) is 2.60. The van der Waals surface area contributed by atoms with E-state index in [0.717, 1.165) is 22.4 Å². The van der Waals surface area contributed by atoms with Gasteiger partial charge in [0, 0.05) is 25.8 Å². The molecule has 1 unspecified atom stereocenters. The van der Waals surface area contributed by atoms with Gasteiger partial charge in [0.15, 0.2) is 5.78 Å². The first-order valence-corrected chi connectivity index (χ1v) is 8.90. The maximum absolute atomic E-state index is 12.9. The second kappa shape index (κ2) is 6.27. The van der Waals surface area contributed by atoms with E-state index in [2.05, 4.69) is 0 Å². The van der Waals surface area contributed by atoms with Crippen LogP contribution in [0.4, 0.5) is 5.69 Å². The number of hydrogen-bond donors (Lipinski definition) is 0. The predicted octanol–water partition coefficient (Wildman–Crippen LogP) is 4.18. The molecule has 0 amide bonds. The van der Waals surface area contributed by atoms with E-state index in [9.17, 15) is 9.59 Å². The van der Waals surface area contributed by atoms with Crippen LogP contribution in [0.5, 0.6) is 5.75 Å². The lowest BCUT2D eigenvalue weighted by molar-refractivity contribution is 0.0852. The van der Waals surface area contributed by atoms with Gasteiger partial charge in [-0.1, -0.05) is 12.1 Å². The molecule has 1 aliphatic heterocycles. The van der Waals surface area contributed by atoms with Crippen molar-refractivity contribution in [1.29, 1.82) is 0 Å². The van der Waals surface area contributed by atoms with E-state index in [1.165, 1.54) is 6.07 Å². The molecule has 0 aliphatic carbocycles. The van der Waals surface area contributed by atoms with Gasteiger partial charge in [0.25, 0.3) is 0 Å². The number of fused-ring (bicyclic) bond motifs is 3. The zero-order valence-electron chi connectivity index (χ0n) is 15.8. The Morgan fingerprint density at radius 2 is 1.70 bits per heavy atom. The second-order valence-electron chi connectivity index (χ2n) is 7.24. The van der Waals surface area contributed by atoms with Crippen LogP contribution in [0.3, 0.4) is 0 Å². The van der Waals surface area contributed by atoms with Crippen molar-refractivity contribution >= 4 is 22.4 Å². The number of carbonyl (C=O) groups is 1. The summed E-state index contributed by atoms with van der Waals surface area (Å²) < 4.78 is 11.7. The molecular weight excluding hydrogens is 342 g/mol. The Kier molecular flexibility index (Phi) is 4.02. The van der Waals surface area contributed by atoms with Crippen molar-refractivity contribution in [3.05, 3.63) is 69.1 Å². The molecule has 0 fully saturated rings. The zero-order chi connectivity index (χ0) is 19.3. The van der Waals surface area contributed by atoms with Gasteiger partial charge in [-0.05, 0) is 48.7 Å². The number of ketones is 1. The zero-order valence-corrected chi connectivity index (χ0v) is 15.8. The Hall–Kier alpha value is -3.08. The molecule has 2 heterocycles. The third-order valence-electron chi connectivity index (χ3n) is 5.07. The highest BCUT2D eigenvalue weighted by molar-refractivity contribution is 6.07. The van der Waals surface area contributed by atoms with E-state index in [1.54, 1.807) is 6.07 Å². The van der Waals surface area contributed by atoms with Crippen LogP contribution in [0.25, 0.3) is 11.0 Å². The first-order valence-electron chi connectivity index (χ1n) is 8.90. The van der Waals surface area contributed by atoms with Crippen molar-refractivity contribution in [2.24, 2.45) is 0 Å². The molecule has 1 aliphatic rings. The van der Waals surface area contributed by atoms with Gasteiger partial charge >= 0.3 is 5.63 Å². The fraction of sp³-hybridized carbons (Fsp3) is 0.273. The Bertz CT molecular complexity index is 1110. The molecule has 0 saturated carbocycles. The van der Waals surface area contributed by atoms with Gasteiger partial charge in [0.1, 0.15) is 17.4 Å². The topological polar surface area (TPSA) is 59.8 Å². The summed E-state index contributed by atoms with van der Waals surface area (Å²) in [4.78, 5) is 26.7. The van der Waals surface area contributed by atoms with Crippen LogP contribution >= 0.6 is 0 Å². The highest BCUT2D eigenvalue weighted by atomic mass is 16.5. The van der Waals surface area contributed by atoms with Crippen molar-refractivity contribution in [2.45, 2.75) is 26.4 Å². The highest BCUT2D eigenvalue weighted by Gasteiger charge is 2.31. The number of hydrogen-bond acceptors (Lipinski definition) is 5. The van der Waals surface area contributed by atoms with E-state index in [1.807, 2.05) is 57.1 Å². The van der Waals surface area contributed by atoms with E-state index < -0.39 is 5.63 Å². The van der Waals surface area contributed by atoms with Crippen molar-refractivity contribution < 1.29 is 13.9 Å². The molecule has 0 N–H and O–H groups in total. The standard InChI is InChI=1S/C22H21NO4/c1-12-9-18-21(13(2)10-19(25)26-18)22-20(12)16(24)11-17(27-22)14-5-7-15(8-6-14)23(3)4/h5-10,17H,11H2,1-4H3. The number of nitrogens with zero attached hydrogens (tertiary/aromatic N) is 1. The van der Waals surface area contributed by atoms with E-state index in [-0.39, 0.29) is 18.3 Å². The third kappa shape index (κ3) is 2.89. The van der Waals surface area contributed by atoms with Crippen molar-refractivity contribution in [2.75, 3.05) is 19.0 Å². The fourth-order valence-corrected chi connectivity index (χ4v) is 3.69. The fourth-order valence-electron chi connectivity index (χ4n) is 3.69. The number of anilines is 1. The Labute approximate surface area is 157 Å². The largest absolute Gasteiger partial charge is 0.484 e. The molecule has 0 radical (unpaired) electrons. The Morgan fingerprint density at radius 3 is 2.37 bits per heavy atom. The minimum atomic E-state index is -0.405. The van der Waals surface area contributed by atoms with Gasteiger partial charge in [0.05, 0.1) is 17.4 Å². The lowest BCUT2D eigenvalue weighted by Gasteiger charge is -2.28. The third-order valence-corrected chi connectivity index (χ3v) is 5.07. The van der Waals surface area contributed by atoms with Gasteiger partial charge < -0.3 is 14.1 Å². The molecule has 3 aromatic rings. The van der Waals surface area contributed by atoms with Crippen LogP contribution < -0.4 is 15.3 Å². The van der Waals surface area contributed by atoms with E-state index >= 15 is 0 Å². The monoisotopic (exact) mass is 363 g/mol. The molecule has 5 nitrogen and oxygen atoms in total.